The Morgan fingerprint density at radius 1 is 0.976 bits per heavy atom. The van der Waals surface area contributed by atoms with E-state index in [1.165, 1.54) is 7.11 Å². The molecule has 224 valence electrons. The molecule has 3 heterocycles. The Morgan fingerprint density at radius 3 is 2.22 bits per heavy atom. The second-order valence-corrected chi connectivity index (χ2v) is 12.8. The molecule has 0 bridgehead atoms. The number of terminal acetylenes is 1. The molecule has 1 aromatic rings. The second-order valence-electron chi connectivity index (χ2n) is 12.8. The molecule has 4 rings (SSSR count). The van der Waals surface area contributed by atoms with Gasteiger partial charge in [0.05, 0.1) is 19.2 Å². The number of hydrogen-bond acceptors (Lipinski definition) is 10. The van der Waals surface area contributed by atoms with Gasteiger partial charge in [-0.1, -0.05) is 5.92 Å². The molecule has 1 aliphatic carbocycles. The molecule has 0 aromatic carbocycles. The van der Waals surface area contributed by atoms with Crippen molar-refractivity contribution >= 4 is 29.9 Å². The Bertz CT molecular complexity index is 1210. The van der Waals surface area contributed by atoms with Crippen LogP contribution in [0.1, 0.15) is 71.3 Å². The maximum atomic E-state index is 12.9. The molecule has 0 unspecified atom stereocenters. The fraction of sp³-hybridized carbons (Fsp3) is 0.690. The summed E-state index contributed by atoms with van der Waals surface area (Å²) in [6.07, 6.45) is 7.53. The van der Waals surface area contributed by atoms with Crippen LogP contribution >= 0.6 is 0 Å². The summed E-state index contributed by atoms with van der Waals surface area (Å²) in [7, 11) is 1.30. The van der Waals surface area contributed by atoms with Crippen LogP contribution in [0.25, 0.3) is 0 Å². The van der Waals surface area contributed by atoms with Crippen LogP contribution in [0.3, 0.4) is 0 Å². The number of aromatic nitrogens is 2. The molecule has 2 amide bonds. The van der Waals surface area contributed by atoms with Crippen LogP contribution in [-0.2, 0) is 14.2 Å². The monoisotopic (exact) mass is 570 g/mol. The van der Waals surface area contributed by atoms with Gasteiger partial charge in [-0.05, 0) is 60.8 Å². The molecule has 3 aliphatic rings. The van der Waals surface area contributed by atoms with Crippen molar-refractivity contribution in [3.05, 3.63) is 11.8 Å². The van der Waals surface area contributed by atoms with Crippen molar-refractivity contribution in [1.82, 2.24) is 19.8 Å². The summed E-state index contributed by atoms with van der Waals surface area (Å²) >= 11 is 0. The fourth-order valence-corrected chi connectivity index (χ4v) is 5.13. The van der Waals surface area contributed by atoms with Gasteiger partial charge in [-0.25, -0.2) is 19.4 Å². The molecule has 41 heavy (non-hydrogen) atoms. The minimum absolute atomic E-state index is 0.107. The number of piperazine rings is 1. The van der Waals surface area contributed by atoms with E-state index < -0.39 is 29.3 Å². The van der Waals surface area contributed by atoms with E-state index in [1.807, 2.05) is 51.3 Å². The van der Waals surface area contributed by atoms with Crippen LogP contribution in [-0.4, -0.2) is 107 Å². The van der Waals surface area contributed by atoms with Crippen LogP contribution in [0.2, 0.25) is 0 Å². The third-order valence-corrected chi connectivity index (χ3v) is 7.21. The van der Waals surface area contributed by atoms with E-state index in [0.29, 0.717) is 45.0 Å². The Morgan fingerprint density at radius 2 is 1.63 bits per heavy atom. The predicted octanol–water partition coefficient (Wildman–Crippen LogP) is 3.30. The molecule has 2 aliphatic heterocycles. The summed E-state index contributed by atoms with van der Waals surface area (Å²) in [5.74, 6) is 3.02. The number of hydrogen-bond donors (Lipinski definition) is 0. The second kappa shape index (κ2) is 11.3. The van der Waals surface area contributed by atoms with E-state index in [1.54, 1.807) is 11.0 Å². The topological polar surface area (TPSA) is 118 Å². The number of methoxy groups -OCH3 is 1. The van der Waals surface area contributed by atoms with Crippen molar-refractivity contribution in [3.63, 3.8) is 0 Å². The number of esters is 1. The zero-order valence-corrected chi connectivity index (χ0v) is 25.2. The molecule has 2 saturated heterocycles. The van der Waals surface area contributed by atoms with Gasteiger partial charge >= 0.3 is 18.2 Å². The molecule has 1 saturated carbocycles. The lowest BCUT2D eigenvalue weighted by Gasteiger charge is -2.43. The van der Waals surface area contributed by atoms with E-state index in [2.05, 4.69) is 15.8 Å². The molecule has 3 fully saturated rings. The summed E-state index contributed by atoms with van der Waals surface area (Å²) < 4.78 is 16.2. The van der Waals surface area contributed by atoms with E-state index >= 15 is 0 Å². The summed E-state index contributed by atoms with van der Waals surface area (Å²) in [6.45, 7) is 13.7. The molecule has 12 nitrogen and oxygen atoms in total. The highest BCUT2D eigenvalue weighted by Crippen LogP contribution is 2.45. The van der Waals surface area contributed by atoms with Crippen LogP contribution in [0.4, 0.5) is 21.4 Å². The SMILES string of the molecule is C#C[C@H]1CN(C(=O)OC(C)(C)C)CCCN1c1nc(C(=O)OC)cc(N2CCN(C(=O)OC(C)(C)C)C3(CC3)C2)n1. The number of carbonyl (C=O) groups excluding carboxylic acids is 3. The van der Waals surface area contributed by atoms with Crippen molar-refractivity contribution in [2.75, 3.05) is 56.2 Å². The van der Waals surface area contributed by atoms with Crippen molar-refractivity contribution in [3.8, 4) is 12.3 Å². The Hall–Kier alpha value is -3.75. The van der Waals surface area contributed by atoms with E-state index in [9.17, 15) is 14.4 Å². The number of rotatable bonds is 3. The first-order chi connectivity index (χ1) is 19.1. The van der Waals surface area contributed by atoms with Crippen molar-refractivity contribution < 1.29 is 28.6 Å². The maximum absolute atomic E-state index is 12.9. The average molecular weight is 571 g/mol. The Balaban J connectivity index is 1.60. The smallest absolute Gasteiger partial charge is 0.410 e. The highest BCUT2D eigenvalue weighted by molar-refractivity contribution is 5.88. The molecule has 1 atom stereocenters. The lowest BCUT2D eigenvalue weighted by Crippen LogP contribution is -2.58. The summed E-state index contributed by atoms with van der Waals surface area (Å²) in [5.41, 5.74) is -1.44. The molecule has 1 aromatic heterocycles. The van der Waals surface area contributed by atoms with Gasteiger partial charge in [0.15, 0.2) is 5.69 Å². The van der Waals surface area contributed by atoms with Crippen molar-refractivity contribution in [2.45, 2.75) is 83.6 Å². The van der Waals surface area contributed by atoms with Crippen LogP contribution < -0.4 is 9.80 Å². The molecular weight excluding hydrogens is 528 g/mol. The number of nitrogens with zero attached hydrogens (tertiary/aromatic N) is 6. The standard InChI is InChI=1S/C29H42N6O6/c1-9-20-18-32(25(37)40-27(2,3)4)13-10-14-34(20)24-30-21(23(36)39-8)17-22(31-24)33-15-16-35(29(19-33)11-12-29)26(38)41-28(5,6)7/h1,17,20H,10-16,18-19H2,2-8H3/t20-/m0/s1. The number of ether oxygens (including phenoxy) is 3. The van der Waals surface area contributed by atoms with Gasteiger partial charge in [0, 0.05) is 38.8 Å². The Kier molecular flexibility index (Phi) is 8.30. The third-order valence-electron chi connectivity index (χ3n) is 7.21. The first kappa shape index (κ1) is 30.2. The minimum Gasteiger partial charge on any atom is -0.464 e. The molecule has 0 N–H and O–H groups in total. The molecule has 0 radical (unpaired) electrons. The van der Waals surface area contributed by atoms with Crippen molar-refractivity contribution in [1.29, 1.82) is 0 Å². The van der Waals surface area contributed by atoms with Crippen LogP contribution in [0.15, 0.2) is 6.07 Å². The Labute approximate surface area is 242 Å². The number of anilines is 2. The summed E-state index contributed by atoms with van der Waals surface area (Å²) in [6, 6.07) is 1.08. The quantitative estimate of drug-likeness (QED) is 0.304. The van der Waals surface area contributed by atoms with Gasteiger partial charge in [0.2, 0.25) is 5.95 Å². The summed E-state index contributed by atoms with van der Waals surface area (Å²) in [4.78, 5) is 55.2. The predicted molar refractivity (Wildman–Crippen MR) is 153 cm³/mol. The number of amides is 2. The summed E-state index contributed by atoms with van der Waals surface area (Å²) in [5, 5.41) is 0. The van der Waals surface area contributed by atoms with E-state index in [4.69, 9.17) is 25.6 Å². The average Bonchev–Trinajstić information content (AvgIpc) is 3.68. The van der Waals surface area contributed by atoms with Gasteiger partial charge in [0.25, 0.3) is 0 Å². The lowest BCUT2D eigenvalue weighted by molar-refractivity contribution is 0.0105. The van der Waals surface area contributed by atoms with E-state index in [-0.39, 0.29) is 29.8 Å². The number of carbonyl (C=O) groups is 3. The maximum Gasteiger partial charge on any atom is 0.410 e. The molecule has 1 spiro atoms. The highest BCUT2D eigenvalue weighted by Gasteiger charge is 2.54. The van der Waals surface area contributed by atoms with Gasteiger partial charge in [0.1, 0.15) is 23.1 Å². The fourth-order valence-electron chi connectivity index (χ4n) is 5.13. The molecular formula is C29H42N6O6. The first-order valence-electron chi connectivity index (χ1n) is 14.1. The third kappa shape index (κ3) is 7.13. The largest absolute Gasteiger partial charge is 0.464 e. The van der Waals surface area contributed by atoms with Gasteiger partial charge in [-0.2, -0.15) is 4.98 Å². The van der Waals surface area contributed by atoms with Crippen molar-refractivity contribution in [2.24, 2.45) is 0 Å². The van der Waals surface area contributed by atoms with E-state index in [0.717, 1.165) is 12.8 Å². The zero-order valence-electron chi connectivity index (χ0n) is 25.2. The van der Waals surface area contributed by atoms with Crippen LogP contribution in [0.5, 0.6) is 0 Å². The van der Waals surface area contributed by atoms with Gasteiger partial charge in [-0.3, -0.25) is 4.90 Å². The first-order valence-corrected chi connectivity index (χ1v) is 14.1. The van der Waals surface area contributed by atoms with Gasteiger partial charge < -0.3 is 28.9 Å². The van der Waals surface area contributed by atoms with Crippen LogP contribution in [0, 0.1) is 12.3 Å². The molecule has 12 heteroatoms. The minimum atomic E-state index is -0.631. The highest BCUT2D eigenvalue weighted by atomic mass is 16.6. The van der Waals surface area contributed by atoms with Gasteiger partial charge in [-0.15, -0.1) is 6.42 Å². The normalized spacial score (nSPS) is 20.7. The zero-order chi connectivity index (χ0) is 30.2. The lowest BCUT2D eigenvalue weighted by atomic mass is 10.1.